The van der Waals surface area contributed by atoms with Crippen LogP contribution in [0.2, 0.25) is 0 Å². The molecule has 1 aromatic heterocycles. The van der Waals surface area contributed by atoms with E-state index in [-0.39, 0.29) is 19.2 Å². The monoisotopic (exact) mass is 266 g/mol. The molecule has 0 atom stereocenters. The summed E-state index contributed by atoms with van der Waals surface area (Å²) in [5.41, 5.74) is -3.45. The van der Waals surface area contributed by atoms with Crippen molar-refractivity contribution in [2.24, 2.45) is 0 Å². The Kier molecular flexibility index (Phi) is 4.07. The van der Waals surface area contributed by atoms with Gasteiger partial charge in [-0.1, -0.05) is 0 Å². The number of pyridine rings is 1. The summed E-state index contributed by atoms with van der Waals surface area (Å²) in [4.78, 5) is 20.9. The molecule has 100 valence electrons. The van der Waals surface area contributed by atoms with Crippen molar-refractivity contribution in [2.75, 3.05) is 13.7 Å². The van der Waals surface area contributed by atoms with E-state index in [4.69, 9.17) is 0 Å². The van der Waals surface area contributed by atoms with E-state index in [0.717, 1.165) is 0 Å². The number of nitrogens with zero attached hydrogens (tertiary/aromatic N) is 2. The summed E-state index contributed by atoms with van der Waals surface area (Å²) in [6.45, 7) is -0.224. The van der Waals surface area contributed by atoms with Gasteiger partial charge in [-0.25, -0.2) is 0 Å². The van der Waals surface area contributed by atoms with Crippen LogP contribution in [0.15, 0.2) is 17.1 Å². The molecule has 0 aliphatic rings. The number of halogens is 3. The van der Waals surface area contributed by atoms with E-state index in [1.165, 1.54) is 7.11 Å². The lowest BCUT2D eigenvalue weighted by Gasteiger charge is -2.10. The Hall–Kier alpha value is -1.90. The average Bonchev–Trinajstić information content (AvgIpc) is 2.25. The molecule has 0 saturated carbocycles. The number of hydrogen-bond donors (Lipinski definition) is 0. The molecule has 0 aromatic carbocycles. The molecule has 6 nitrogen and oxygen atoms in total. The molecule has 0 spiro atoms. The van der Waals surface area contributed by atoms with E-state index >= 15 is 0 Å². The third kappa shape index (κ3) is 3.06. The fraction of sp³-hybridized carbons (Fsp3) is 0.444. The molecule has 0 bridgehead atoms. The highest BCUT2D eigenvalue weighted by Gasteiger charge is 2.34. The highest BCUT2D eigenvalue weighted by atomic mass is 19.4. The Morgan fingerprint density at radius 3 is 2.56 bits per heavy atom. The van der Waals surface area contributed by atoms with Crippen LogP contribution in [0.1, 0.15) is 5.56 Å². The van der Waals surface area contributed by atoms with Gasteiger partial charge < -0.3 is 9.30 Å². The summed E-state index contributed by atoms with van der Waals surface area (Å²) in [6, 6.07) is 0.228. The highest BCUT2D eigenvalue weighted by Crippen LogP contribution is 2.29. The van der Waals surface area contributed by atoms with Crippen molar-refractivity contribution in [1.82, 2.24) is 4.57 Å². The highest BCUT2D eigenvalue weighted by molar-refractivity contribution is 5.32. The number of hydrogen-bond acceptors (Lipinski definition) is 4. The van der Waals surface area contributed by atoms with Crippen LogP contribution in [0, 0.1) is 10.1 Å². The molecule has 1 aromatic rings. The van der Waals surface area contributed by atoms with Crippen molar-refractivity contribution in [3.05, 3.63) is 38.3 Å². The van der Waals surface area contributed by atoms with Crippen molar-refractivity contribution >= 4 is 5.69 Å². The SMILES string of the molecule is COCCn1cc(C(F)(F)F)cc([N+](=O)[O-])c1=O. The lowest BCUT2D eigenvalue weighted by molar-refractivity contribution is -0.386. The van der Waals surface area contributed by atoms with Crippen molar-refractivity contribution in [1.29, 1.82) is 0 Å². The minimum atomic E-state index is -4.76. The molecular formula is C9H9F3N2O4. The Balaban J connectivity index is 3.37. The van der Waals surface area contributed by atoms with Gasteiger partial charge in [-0.2, -0.15) is 13.2 Å². The van der Waals surface area contributed by atoms with Crippen molar-refractivity contribution in [3.8, 4) is 0 Å². The van der Waals surface area contributed by atoms with Gasteiger partial charge in [0.15, 0.2) is 0 Å². The van der Waals surface area contributed by atoms with Gasteiger partial charge >= 0.3 is 17.4 Å². The summed E-state index contributed by atoms with van der Waals surface area (Å²) < 4.78 is 42.7. The lowest BCUT2D eigenvalue weighted by atomic mass is 10.2. The minimum Gasteiger partial charge on any atom is -0.383 e. The van der Waals surface area contributed by atoms with Crippen LogP contribution in [0.5, 0.6) is 0 Å². The van der Waals surface area contributed by atoms with Crippen molar-refractivity contribution in [2.45, 2.75) is 12.7 Å². The fourth-order valence-corrected chi connectivity index (χ4v) is 1.26. The molecule has 0 radical (unpaired) electrons. The van der Waals surface area contributed by atoms with Gasteiger partial charge in [-0.05, 0) is 0 Å². The topological polar surface area (TPSA) is 74.4 Å². The first-order chi connectivity index (χ1) is 8.27. The normalized spacial score (nSPS) is 11.6. The second-order valence-electron chi connectivity index (χ2n) is 3.36. The maximum atomic E-state index is 12.5. The molecule has 9 heteroatoms. The predicted octanol–water partition coefficient (Wildman–Crippen LogP) is 1.42. The zero-order valence-electron chi connectivity index (χ0n) is 9.23. The molecule has 0 aliphatic heterocycles. The van der Waals surface area contributed by atoms with E-state index in [0.29, 0.717) is 10.8 Å². The fourth-order valence-electron chi connectivity index (χ4n) is 1.26. The molecule has 0 amide bonds. The standard InChI is InChI=1S/C9H9F3N2O4/c1-18-3-2-13-5-6(9(10,11)12)4-7(8(13)15)14(16)17/h4-5H,2-3H2,1H3. The molecule has 0 fully saturated rings. The molecule has 0 unspecified atom stereocenters. The van der Waals surface area contributed by atoms with E-state index in [9.17, 15) is 28.1 Å². The van der Waals surface area contributed by atoms with E-state index < -0.39 is 27.9 Å². The number of nitro groups is 1. The maximum Gasteiger partial charge on any atom is 0.418 e. The Bertz CT molecular complexity index is 510. The van der Waals surface area contributed by atoms with Crippen molar-refractivity contribution < 1.29 is 22.8 Å². The zero-order chi connectivity index (χ0) is 13.9. The number of alkyl halides is 3. The van der Waals surface area contributed by atoms with Crippen molar-refractivity contribution in [3.63, 3.8) is 0 Å². The number of ether oxygens (including phenoxy) is 1. The molecular weight excluding hydrogens is 257 g/mol. The van der Waals surface area contributed by atoms with Gasteiger partial charge in [0.25, 0.3) is 0 Å². The first-order valence-electron chi connectivity index (χ1n) is 4.72. The van der Waals surface area contributed by atoms with E-state index in [1.807, 2.05) is 0 Å². The van der Waals surface area contributed by atoms with Crippen LogP contribution in [0.4, 0.5) is 18.9 Å². The van der Waals surface area contributed by atoms with Crippen LogP contribution in [0.3, 0.4) is 0 Å². The summed E-state index contributed by atoms with van der Waals surface area (Å²) in [6.07, 6.45) is -4.22. The minimum absolute atomic E-state index is 0.0294. The summed E-state index contributed by atoms with van der Waals surface area (Å²) in [5, 5.41) is 10.5. The van der Waals surface area contributed by atoms with Gasteiger partial charge in [-0.3, -0.25) is 14.9 Å². The third-order valence-corrected chi connectivity index (χ3v) is 2.13. The quantitative estimate of drug-likeness (QED) is 0.610. The maximum absolute atomic E-state index is 12.5. The Labute approximate surface area is 98.7 Å². The Morgan fingerprint density at radius 2 is 2.11 bits per heavy atom. The van der Waals surface area contributed by atoms with Crippen LogP contribution >= 0.6 is 0 Å². The summed E-state index contributed by atoms with van der Waals surface area (Å²) >= 11 is 0. The first kappa shape index (κ1) is 14.2. The van der Waals surface area contributed by atoms with Gasteiger partial charge in [0.1, 0.15) is 0 Å². The van der Waals surface area contributed by atoms with Gasteiger partial charge in [0.05, 0.1) is 17.1 Å². The number of methoxy groups -OCH3 is 1. The van der Waals surface area contributed by atoms with E-state index in [1.54, 1.807) is 0 Å². The largest absolute Gasteiger partial charge is 0.418 e. The van der Waals surface area contributed by atoms with Gasteiger partial charge in [0, 0.05) is 25.9 Å². The first-order valence-corrected chi connectivity index (χ1v) is 4.72. The van der Waals surface area contributed by atoms with Crippen LogP contribution in [0.25, 0.3) is 0 Å². The molecule has 0 aliphatic carbocycles. The molecule has 18 heavy (non-hydrogen) atoms. The second kappa shape index (κ2) is 5.17. The number of aromatic nitrogens is 1. The molecule has 1 heterocycles. The van der Waals surface area contributed by atoms with Gasteiger partial charge in [-0.15, -0.1) is 0 Å². The smallest absolute Gasteiger partial charge is 0.383 e. The zero-order valence-corrected chi connectivity index (χ0v) is 9.23. The predicted molar refractivity (Wildman–Crippen MR) is 54.2 cm³/mol. The lowest BCUT2D eigenvalue weighted by Crippen LogP contribution is -2.26. The third-order valence-electron chi connectivity index (χ3n) is 2.13. The summed E-state index contributed by atoms with van der Waals surface area (Å²) in [7, 11) is 1.30. The van der Waals surface area contributed by atoms with Crippen LogP contribution in [-0.4, -0.2) is 23.2 Å². The second-order valence-corrected chi connectivity index (χ2v) is 3.36. The van der Waals surface area contributed by atoms with Crippen LogP contribution < -0.4 is 5.56 Å². The Morgan fingerprint density at radius 1 is 1.50 bits per heavy atom. The van der Waals surface area contributed by atoms with Crippen LogP contribution in [-0.2, 0) is 17.5 Å². The number of rotatable bonds is 4. The molecule has 1 rings (SSSR count). The molecule has 0 N–H and O–H groups in total. The molecule has 0 saturated heterocycles. The summed E-state index contributed by atoms with van der Waals surface area (Å²) in [5.74, 6) is 0. The van der Waals surface area contributed by atoms with E-state index in [2.05, 4.69) is 4.74 Å². The average molecular weight is 266 g/mol. The van der Waals surface area contributed by atoms with Gasteiger partial charge in [0.2, 0.25) is 0 Å².